The van der Waals surface area contributed by atoms with Gasteiger partial charge in [-0.1, -0.05) is 36.4 Å². The van der Waals surface area contributed by atoms with Crippen LogP contribution in [0.5, 0.6) is 11.5 Å². The Labute approximate surface area is 93.5 Å². The van der Waals surface area contributed by atoms with Gasteiger partial charge in [0.2, 0.25) is 0 Å². The van der Waals surface area contributed by atoms with Gasteiger partial charge in [-0.05, 0) is 23.8 Å². The highest BCUT2D eigenvalue weighted by Crippen LogP contribution is 2.42. The SMILES string of the molecule is Oc1c2c(c3ccccc3c1O)C=CCC2. The fraction of sp³-hybridized carbons (Fsp3) is 0.143. The summed E-state index contributed by atoms with van der Waals surface area (Å²) in [5.41, 5.74) is 1.90. The van der Waals surface area contributed by atoms with Gasteiger partial charge in [-0.2, -0.15) is 0 Å². The predicted octanol–water partition coefficient (Wildman–Crippen LogP) is 3.21. The number of phenols is 2. The molecule has 2 N–H and O–H groups in total. The number of phenolic OH excluding ortho intramolecular Hbond substituents is 2. The Morgan fingerprint density at radius 2 is 1.69 bits per heavy atom. The van der Waals surface area contributed by atoms with E-state index in [4.69, 9.17) is 0 Å². The topological polar surface area (TPSA) is 40.5 Å². The van der Waals surface area contributed by atoms with Crippen molar-refractivity contribution in [3.63, 3.8) is 0 Å². The van der Waals surface area contributed by atoms with Crippen LogP contribution in [0.1, 0.15) is 17.5 Å². The van der Waals surface area contributed by atoms with Gasteiger partial charge >= 0.3 is 0 Å². The summed E-state index contributed by atoms with van der Waals surface area (Å²) in [6.45, 7) is 0. The van der Waals surface area contributed by atoms with Crippen molar-refractivity contribution < 1.29 is 10.2 Å². The molecule has 2 aromatic carbocycles. The minimum Gasteiger partial charge on any atom is -0.504 e. The van der Waals surface area contributed by atoms with Crippen molar-refractivity contribution in [1.82, 2.24) is 0 Å². The lowest BCUT2D eigenvalue weighted by Crippen LogP contribution is -1.96. The summed E-state index contributed by atoms with van der Waals surface area (Å²) in [6.07, 6.45) is 5.83. The van der Waals surface area contributed by atoms with E-state index in [9.17, 15) is 10.2 Å². The van der Waals surface area contributed by atoms with Gasteiger partial charge in [-0.25, -0.2) is 0 Å². The van der Waals surface area contributed by atoms with Gasteiger partial charge in [-0.15, -0.1) is 0 Å². The number of aromatic hydroxyl groups is 2. The summed E-state index contributed by atoms with van der Waals surface area (Å²) in [5.74, 6) is 0.0442. The second-order valence-electron chi connectivity index (χ2n) is 4.08. The second-order valence-corrected chi connectivity index (χ2v) is 4.08. The number of benzene rings is 2. The molecule has 3 rings (SSSR count). The van der Waals surface area contributed by atoms with Gasteiger partial charge in [0.15, 0.2) is 11.5 Å². The second kappa shape index (κ2) is 3.27. The highest BCUT2D eigenvalue weighted by Gasteiger charge is 2.17. The number of hydrogen-bond acceptors (Lipinski definition) is 2. The quantitative estimate of drug-likeness (QED) is 0.658. The van der Waals surface area contributed by atoms with E-state index in [1.807, 2.05) is 30.3 Å². The molecule has 1 aliphatic rings. The minimum atomic E-state index is 0.00431. The van der Waals surface area contributed by atoms with E-state index in [1.165, 1.54) is 0 Å². The van der Waals surface area contributed by atoms with Crippen LogP contribution in [0.2, 0.25) is 0 Å². The average Bonchev–Trinajstić information content (AvgIpc) is 2.36. The Bertz CT molecular complexity index is 597. The van der Waals surface area contributed by atoms with Crippen molar-refractivity contribution in [3.8, 4) is 11.5 Å². The zero-order valence-electron chi connectivity index (χ0n) is 8.77. The molecule has 0 spiro atoms. The van der Waals surface area contributed by atoms with Crippen molar-refractivity contribution in [2.24, 2.45) is 0 Å². The minimum absolute atomic E-state index is 0.00431. The van der Waals surface area contributed by atoms with Gasteiger partial charge in [0.1, 0.15) is 0 Å². The third-order valence-corrected chi connectivity index (χ3v) is 3.15. The summed E-state index contributed by atoms with van der Waals surface area (Å²) < 4.78 is 0. The molecule has 0 bridgehead atoms. The van der Waals surface area contributed by atoms with E-state index >= 15 is 0 Å². The maximum Gasteiger partial charge on any atom is 0.165 e. The summed E-state index contributed by atoms with van der Waals surface area (Å²) in [4.78, 5) is 0. The fourth-order valence-corrected chi connectivity index (χ4v) is 2.36. The monoisotopic (exact) mass is 212 g/mol. The molecule has 0 amide bonds. The Balaban J connectivity index is 2.52. The van der Waals surface area contributed by atoms with Crippen molar-refractivity contribution in [2.75, 3.05) is 0 Å². The molecular weight excluding hydrogens is 200 g/mol. The highest BCUT2D eigenvalue weighted by atomic mass is 16.3. The predicted molar refractivity (Wildman–Crippen MR) is 64.6 cm³/mol. The molecule has 2 aromatic rings. The first kappa shape index (κ1) is 9.28. The van der Waals surface area contributed by atoms with Crippen LogP contribution in [0, 0.1) is 0 Å². The Hall–Kier alpha value is -1.96. The van der Waals surface area contributed by atoms with Crippen molar-refractivity contribution in [3.05, 3.63) is 41.5 Å². The molecule has 0 radical (unpaired) electrons. The molecule has 1 aliphatic carbocycles. The smallest absolute Gasteiger partial charge is 0.165 e. The number of allylic oxidation sites excluding steroid dienone is 1. The molecule has 0 saturated carbocycles. The molecule has 0 heterocycles. The number of hydrogen-bond donors (Lipinski definition) is 2. The molecule has 0 fully saturated rings. The largest absolute Gasteiger partial charge is 0.504 e. The molecular formula is C14H12O2. The first-order valence-corrected chi connectivity index (χ1v) is 5.41. The maximum absolute atomic E-state index is 9.96. The van der Waals surface area contributed by atoms with Crippen LogP contribution in [0.4, 0.5) is 0 Å². The van der Waals surface area contributed by atoms with Crippen LogP contribution in [-0.4, -0.2) is 10.2 Å². The van der Waals surface area contributed by atoms with Gasteiger partial charge in [0, 0.05) is 10.9 Å². The zero-order valence-corrected chi connectivity index (χ0v) is 8.77. The van der Waals surface area contributed by atoms with Gasteiger partial charge < -0.3 is 10.2 Å². The lowest BCUT2D eigenvalue weighted by atomic mass is 9.91. The molecule has 0 saturated heterocycles. The van der Waals surface area contributed by atoms with E-state index < -0.39 is 0 Å². The first-order chi connectivity index (χ1) is 7.79. The molecule has 2 nitrogen and oxygen atoms in total. The third-order valence-electron chi connectivity index (χ3n) is 3.15. The number of fused-ring (bicyclic) bond motifs is 3. The van der Waals surface area contributed by atoms with Gasteiger partial charge in [-0.3, -0.25) is 0 Å². The summed E-state index contributed by atoms with van der Waals surface area (Å²) in [7, 11) is 0. The molecule has 0 aromatic heterocycles. The molecule has 0 aliphatic heterocycles. The van der Waals surface area contributed by atoms with E-state index in [2.05, 4.69) is 6.08 Å². The lowest BCUT2D eigenvalue weighted by Gasteiger charge is -2.16. The van der Waals surface area contributed by atoms with Gasteiger partial charge in [0.25, 0.3) is 0 Å². The van der Waals surface area contributed by atoms with Crippen LogP contribution >= 0.6 is 0 Å². The number of rotatable bonds is 0. The Kier molecular flexibility index (Phi) is 1.90. The lowest BCUT2D eigenvalue weighted by molar-refractivity contribution is 0.403. The van der Waals surface area contributed by atoms with Crippen molar-refractivity contribution in [1.29, 1.82) is 0 Å². The zero-order chi connectivity index (χ0) is 11.1. The fourth-order valence-electron chi connectivity index (χ4n) is 2.36. The molecule has 80 valence electrons. The van der Waals surface area contributed by atoms with Crippen LogP contribution in [0.25, 0.3) is 16.8 Å². The third kappa shape index (κ3) is 1.13. The standard InChI is InChI=1S/C14H12O2/c15-13-11-7-3-1-5-9(11)10-6-2-4-8-12(10)14(13)16/h1-3,5-7,15-16H,4,8H2. The maximum atomic E-state index is 9.96. The van der Waals surface area contributed by atoms with Crippen LogP contribution < -0.4 is 0 Å². The van der Waals surface area contributed by atoms with Gasteiger partial charge in [0.05, 0.1) is 0 Å². The summed E-state index contributed by atoms with van der Waals surface area (Å²) in [5, 5.41) is 21.6. The highest BCUT2D eigenvalue weighted by molar-refractivity contribution is 5.98. The Morgan fingerprint density at radius 3 is 2.50 bits per heavy atom. The molecule has 16 heavy (non-hydrogen) atoms. The Morgan fingerprint density at radius 1 is 0.938 bits per heavy atom. The average molecular weight is 212 g/mol. The van der Waals surface area contributed by atoms with E-state index in [-0.39, 0.29) is 11.5 Å². The van der Waals surface area contributed by atoms with Crippen molar-refractivity contribution in [2.45, 2.75) is 12.8 Å². The molecule has 0 unspecified atom stereocenters. The summed E-state index contributed by atoms with van der Waals surface area (Å²) >= 11 is 0. The van der Waals surface area contributed by atoms with E-state index in [0.717, 1.165) is 29.4 Å². The summed E-state index contributed by atoms with van der Waals surface area (Å²) in [6, 6.07) is 7.61. The first-order valence-electron chi connectivity index (χ1n) is 5.41. The van der Waals surface area contributed by atoms with Crippen LogP contribution in [0.15, 0.2) is 30.3 Å². The van der Waals surface area contributed by atoms with Crippen LogP contribution in [0.3, 0.4) is 0 Å². The van der Waals surface area contributed by atoms with Crippen molar-refractivity contribution >= 4 is 16.8 Å². The van der Waals surface area contributed by atoms with E-state index in [0.29, 0.717) is 5.39 Å². The normalized spacial score (nSPS) is 14.0. The van der Waals surface area contributed by atoms with Crippen LogP contribution in [-0.2, 0) is 6.42 Å². The molecule has 2 heteroatoms. The molecule has 0 atom stereocenters. The van der Waals surface area contributed by atoms with E-state index in [1.54, 1.807) is 0 Å².